The number of carbonyl (C=O) groups is 1. The number of hydrogen-bond donors (Lipinski definition) is 1. The van der Waals surface area contributed by atoms with E-state index in [1.165, 1.54) is 0 Å². The molecule has 1 aliphatic heterocycles. The topological polar surface area (TPSA) is 55.8 Å². The van der Waals surface area contributed by atoms with Gasteiger partial charge in [0.1, 0.15) is 5.92 Å². The Morgan fingerprint density at radius 1 is 1.41 bits per heavy atom. The highest BCUT2D eigenvalue weighted by molar-refractivity contribution is 6.74. The highest BCUT2D eigenvalue weighted by Gasteiger charge is 2.43. The largest absolute Gasteiger partial charge is 0.481 e. The smallest absolute Gasteiger partial charge is 0.311 e. The van der Waals surface area contributed by atoms with Crippen LogP contribution < -0.4 is 0 Å². The maximum atomic E-state index is 11.2. The molecule has 100 valence electrons. The number of aliphatic carboxylic acids is 1. The average molecular weight is 260 g/mol. The van der Waals surface area contributed by atoms with Crippen molar-refractivity contribution in [1.82, 2.24) is 0 Å². The van der Waals surface area contributed by atoms with Crippen LogP contribution in [0, 0.1) is 5.92 Å². The molecule has 4 nitrogen and oxygen atoms in total. The van der Waals surface area contributed by atoms with Gasteiger partial charge in [-0.25, -0.2) is 0 Å². The van der Waals surface area contributed by atoms with Crippen LogP contribution in [0.15, 0.2) is 0 Å². The molecule has 0 aliphatic carbocycles. The molecule has 1 fully saturated rings. The van der Waals surface area contributed by atoms with Gasteiger partial charge in [-0.3, -0.25) is 4.79 Å². The molecular formula is C12H24O4Si. The number of rotatable bonds is 3. The molecule has 1 rings (SSSR count). The van der Waals surface area contributed by atoms with E-state index in [1.807, 2.05) is 0 Å². The van der Waals surface area contributed by atoms with Crippen molar-refractivity contribution in [3.05, 3.63) is 0 Å². The summed E-state index contributed by atoms with van der Waals surface area (Å²) in [5, 5.41) is 9.27. The Bertz CT molecular complexity index is 283. The minimum atomic E-state index is -1.90. The summed E-state index contributed by atoms with van der Waals surface area (Å²) in [4.78, 5) is 11.2. The first-order valence-electron chi connectivity index (χ1n) is 6.13. The normalized spacial score (nSPS) is 26.9. The van der Waals surface area contributed by atoms with E-state index in [2.05, 4.69) is 33.9 Å². The molecule has 1 aliphatic rings. The lowest BCUT2D eigenvalue weighted by atomic mass is 9.99. The molecule has 0 aromatic heterocycles. The molecule has 0 bridgehead atoms. The fourth-order valence-corrected chi connectivity index (χ4v) is 3.04. The molecule has 0 spiro atoms. The van der Waals surface area contributed by atoms with Crippen molar-refractivity contribution in [1.29, 1.82) is 0 Å². The second-order valence-electron chi connectivity index (χ2n) is 6.22. The van der Waals surface area contributed by atoms with Crippen LogP contribution in [0.4, 0.5) is 0 Å². The molecule has 2 atom stereocenters. The summed E-state index contributed by atoms with van der Waals surface area (Å²) in [6.07, 6.45) is 0.492. The highest BCUT2D eigenvalue weighted by atomic mass is 28.4. The molecule has 2 unspecified atom stereocenters. The minimum absolute atomic E-state index is 0.106. The predicted molar refractivity (Wildman–Crippen MR) is 68.6 cm³/mol. The first kappa shape index (κ1) is 14.7. The van der Waals surface area contributed by atoms with Gasteiger partial charge in [-0.2, -0.15) is 0 Å². The maximum Gasteiger partial charge on any atom is 0.311 e. The second kappa shape index (κ2) is 5.08. The fraction of sp³-hybridized carbons (Fsp3) is 0.917. The van der Waals surface area contributed by atoms with Gasteiger partial charge in [0.15, 0.2) is 8.32 Å². The molecule has 0 aromatic carbocycles. The van der Waals surface area contributed by atoms with Crippen LogP contribution >= 0.6 is 0 Å². The SMILES string of the molecule is CC(C)(C)[Si](C)(C)OC1CCOCC1C(=O)O. The Hall–Kier alpha value is -0.393. The maximum absolute atomic E-state index is 11.2. The van der Waals surface area contributed by atoms with E-state index in [1.54, 1.807) is 0 Å². The predicted octanol–water partition coefficient (Wildman–Crippen LogP) is 2.50. The van der Waals surface area contributed by atoms with Crippen LogP contribution in [0.2, 0.25) is 18.1 Å². The third kappa shape index (κ3) is 3.53. The van der Waals surface area contributed by atoms with Crippen molar-refractivity contribution in [2.24, 2.45) is 5.92 Å². The molecular weight excluding hydrogens is 236 g/mol. The Morgan fingerprint density at radius 2 is 2.00 bits per heavy atom. The van der Waals surface area contributed by atoms with Crippen molar-refractivity contribution in [2.45, 2.75) is 51.4 Å². The van der Waals surface area contributed by atoms with E-state index in [4.69, 9.17) is 14.3 Å². The average Bonchev–Trinajstić information content (AvgIpc) is 2.15. The lowest BCUT2D eigenvalue weighted by molar-refractivity contribution is -0.152. The van der Waals surface area contributed by atoms with E-state index in [9.17, 15) is 4.79 Å². The minimum Gasteiger partial charge on any atom is -0.481 e. The molecule has 0 amide bonds. The van der Waals surface area contributed by atoms with Crippen LogP contribution in [-0.2, 0) is 14.0 Å². The fourth-order valence-electron chi connectivity index (χ4n) is 1.64. The molecule has 17 heavy (non-hydrogen) atoms. The first-order chi connectivity index (χ1) is 7.65. The zero-order chi connectivity index (χ0) is 13.3. The lowest BCUT2D eigenvalue weighted by Crippen LogP contribution is -2.49. The van der Waals surface area contributed by atoms with Crippen LogP contribution in [-0.4, -0.2) is 38.7 Å². The van der Waals surface area contributed by atoms with E-state index in [-0.39, 0.29) is 17.7 Å². The zero-order valence-electron chi connectivity index (χ0n) is 11.4. The zero-order valence-corrected chi connectivity index (χ0v) is 12.4. The van der Waals surface area contributed by atoms with Gasteiger partial charge >= 0.3 is 5.97 Å². The van der Waals surface area contributed by atoms with Crippen LogP contribution in [0.3, 0.4) is 0 Å². The number of hydrogen-bond acceptors (Lipinski definition) is 3. The van der Waals surface area contributed by atoms with Crippen LogP contribution in [0.1, 0.15) is 27.2 Å². The van der Waals surface area contributed by atoms with Crippen molar-refractivity contribution in [3.63, 3.8) is 0 Å². The lowest BCUT2D eigenvalue weighted by Gasteiger charge is -2.41. The van der Waals surface area contributed by atoms with Gasteiger partial charge < -0.3 is 14.3 Å². The van der Waals surface area contributed by atoms with Gasteiger partial charge in [0.2, 0.25) is 0 Å². The standard InChI is InChI=1S/C12H24O4Si/c1-12(2,3)17(4,5)16-10-6-7-15-8-9(10)11(13)14/h9-10H,6-8H2,1-5H3,(H,13,14). The van der Waals surface area contributed by atoms with Crippen molar-refractivity contribution in [3.8, 4) is 0 Å². The second-order valence-corrected chi connectivity index (χ2v) is 11.0. The Morgan fingerprint density at radius 3 is 2.47 bits per heavy atom. The molecule has 0 saturated carbocycles. The summed E-state index contributed by atoms with van der Waals surface area (Å²) in [5.74, 6) is -1.33. The summed E-state index contributed by atoms with van der Waals surface area (Å²) >= 11 is 0. The Labute approximate surface area is 104 Å². The number of carboxylic acid groups (broad SMARTS) is 1. The molecule has 0 radical (unpaired) electrons. The van der Waals surface area contributed by atoms with Crippen molar-refractivity contribution >= 4 is 14.3 Å². The Kier molecular flexibility index (Phi) is 4.38. The summed E-state index contributed by atoms with van der Waals surface area (Å²) in [6, 6.07) is 0. The summed E-state index contributed by atoms with van der Waals surface area (Å²) in [6.45, 7) is 11.7. The third-order valence-corrected chi connectivity index (χ3v) is 8.37. The molecule has 1 heterocycles. The van der Waals surface area contributed by atoms with Crippen LogP contribution in [0.25, 0.3) is 0 Å². The molecule has 1 N–H and O–H groups in total. The number of ether oxygens (including phenoxy) is 1. The summed E-state index contributed by atoms with van der Waals surface area (Å²) < 4.78 is 11.4. The van der Waals surface area contributed by atoms with E-state index in [0.717, 1.165) is 0 Å². The molecule has 5 heteroatoms. The summed E-state index contributed by atoms with van der Waals surface area (Å²) in [5.41, 5.74) is 0. The van der Waals surface area contributed by atoms with Gasteiger partial charge in [-0.15, -0.1) is 0 Å². The van der Waals surface area contributed by atoms with E-state index >= 15 is 0 Å². The number of carboxylic acids is 1. The monoisotopic (exact) mass is 260 g/mol. The van der Waals surface area contributed by atoms with Gasteiger partial charge in [0.05, 0.1) is 12.7 Å². The van der Waals surface area contributed by atoms with Crippen molar-refractivity contribution < 1.29 is 19.1 Å². The third-order valence-electron chi connectivity index (χ3n) is 3.86. The van der Waals surface area contributed by atoms with E-state index < -0.39 is 20.2 Å². The van der Waals surface area contributed by atoms with Gasteiger partial charge in [-0.05, 0) is 24.6 Å². The molecule has 1 saturated heterocycles. The molecule has 0 aromatic rings. The quantitative estimate of drug-likeness (QED) is 0.792. The summed E-state index contributed by atoms with van der Waals surface area (Å²) in [7, 11) is -1.90. The van der Waals surface area contributed by atoms with Gasteiger partial charge in [0.25, 0.3) is 0 Å². The van der Waals surface area contributed by atoms with Crippen LogP contribution in [0.5, 0.6) is 0 Å². The van der Waals surface area contributed by atoms with Gasteiger partial charge in [0, 0.05) is 6.61 Å². The Balaban J connectivity index is 2.74. The highest BCUT2D eigenvalue weighted by Crippen LogP contribution is 2.39. The van der Waals surface area contributed by atoms with E-state index in [0.29, 0.717) is 13.0 Å². The van der Waals surface area contributed by atoms with Gasteiger partial charge in [-0.1, -0.05) is 20.8 Å². The van der Waals surface area contributed by atoms with Crippen molar-refractivity contribution in [2.75, 3.05) is 13.2 Å². The first-order valence-corrected chi connectivity index (χ1v) is 9.04.